The fraction of sp³-hybridized carbons (Fsp3) is 0.500. The molecule has 2 aromatic rings. The van der Waals surface area contributed by atoms with Crippen molar-refractivity contribution in [3.63, 3.8) is 0 Å². The third-order valence-electron chi connectivity index (χ3n) is 3.72. The summed E-state index contributed by atoms with van der Waals surface area (Å²) in [6, 6.07) is 10.4. The molecule has 1 aromatic heterocycles. The lowest BCUT2D eigenvalue weighted by Crippen LogP contribution is -2.22. The summed E-state index contributed by atoms with van der Waals surface area (Å²) in [6.45, 7) is 4.07. The molecule has 3 atom stereocenters. The van der Waals surface area contributed by atoms with E-state index in [1.54, 1.807) is 7.11 Å². The molecule has 0 bridgehead atoms. The first-order chi connectivity index (χ1) is 10.2. The molecule has 0 spiro atoms. The molecular formula is C16H23N3O2. The van der Waals surface area contributed by atoms with E-state index in [1.165, 1.54) is 5.56 Å². The Morgan fingerprint density at radius 1 is 1.24 bits per heavy atom. The molecule has 0 radical (unpaired) electrons. The summed E-state index contributed by atoms with van der Waals surface area (Å²) < 4.78 is 10.6. The Balaban J connectivity index is 2.13. The fourth-order valence-corrected chi connectivity index (χ4v) is 2.38. The molecule has 5 nitrogen and oxygen atoms in total. The van der Waals surface area contributed by atoms with Crippen LogP contribution in [0.2, 0.25) is 0 Å². The lowest BCUT2D eigenvalue weighted by molar-refractivity contribution is 0.116. The molecule has 3 unspecified atom stereocenters. The largest absolute Gasteiger partial charge is 0.381 e. The maximum Gasteiger partial charge on any atom is 0.231 e. The first-order valence-electron chi connectivity index (χ1n) is 7.23. The van der Waals surface area contributed by atoms with E-state index >= 15 is 0 Å². The first-order valence-corrected chi connectivity index (χ1v) is 7.23. The maximum atomic E-state index is 5.42. The first kappa shape index (κ1) is 15.7. The number of hydrogen-bond acceptors (Lipinski definition) is 5. The van der Waals surface area contributed by atoms with Crippen molar-refractivity contribution in [1.82, 2.24) is 15.5 Å². The zero-order valence-corrected chi connectivity index (χ0v) is 13.0. The summed E-state index contributed by atoms with van der Waals surface area (Å²) in [7, 11) is 3.62. The number of ether oxygens (including phenoxy) is 1. The van der Waals surface area contributed by atoms with Gasteiger partial charge in [-0.1, -0.05) is 42.4 Å². The van der Waals surface area contributed by atoms with Crippen molar-refractivity contribution in [3.05, 3.63) is 47.6 Å². The minimum atomic E-state index is 0.0833. The van der Waals surface area contributed by atoms with Crippen molar-refractivity contribution in [2.45, 2.75) is 38.3 Å². The number of nitrogens with zero attached hydrogens (tertiary/aromatic N) is 2. The number of rotatable bonds is 7. The van der Waals surface area contributed by atoms with Gasteiger partial charge in [0.25, 0.3) is 0 Å². The van der Waals surface area contributed by atoms with Gasteiger partial charge in [0, 0.05) is 19.6 Å². The van der Waals surface area contributed by atoms with Crippen LogP contribution in [-0.4, -0.2) is 30.4 Å². The van der Waals surface area contributed by atoms with Crippen molar-refractivity contribution < 1.29 is 9.26 Å². The molecule has 1 aromatic carbocycles. The van der Waals surface area contributed by atoms with Gasteiger partial charge in [-0.15, -0.1) is 0 Å². The summed E-state index contributed by atoms with van der Waals surface area (Å²) in [6.07, 6.45) is 0.738. The minimum absolute atomic E-state index is 0.0833. The Hall–Kier alpha value is -1.72. The van der Waals surface area contributed by atoms with E-state index in [0.717, 1.165) is 0 Å². The standard InChI is InChI=1S/C16H23N3O2/c1-11(20-4)10-14-18-16(21-19-14)12(2)15(17-3)13-8-6-5-7-9-13/h5-9,11-12,15,17H,10H2,1-4H3. The van der Waals surface area contributed by atoms with Crippen LogP contribution in [0.4, 0.5) is 0 Å². The fourth-order valence-electron chi connectivity index (χ4n) is 2.38. The molecular weight excluding hydrogens is 266 g/mol. The Kier molecular flexibility index (Phi) is 5.47. The predicted molar refractivity (Wildman–Crippen MR) is 81.1 cm³/mol. The van der Waals surface area contributed by atoms with Crippen LogP contribution < -0.4 is 5.32 Å². The molecule has 1 N–H and O–H groups in total. The highest BCUT2D eigenvalue weighted by atomic mass is 16.5. The van der Waals surface area contributed by atoms with Gasteiger partial charge in [-0.05, 0) is 19.5 Å². The van der Waals surface area contributed by atoms with Gasteiger partial charge in [0.15, 0.2) is 5.82 Å². The summed E-state index contributed by atoms with van der Waals surface area (Å²) in [5, 5.41) is 7.37. The Labute approximate surface area is 125 Å². The van der Waals surface area contributed by atoms with Crippen molar-refractivity contribution >= 4 is 0 Å². The third-order valence-corrected chi connectivity index (χ3v) is 3.72. The van der Waals surface area contributed by atoms with Gasteiger partial charge < -0.3 is 14.6 Å². The second-order valence-corrected chi connectivity index (χ2v) is 5.26. The van der Waals surface area contributed by atoms with Crippen molar-refractivity contribution in [3.8, 4) is 0 Å². The van der Waals surface area contributed by atoms with Crippen LogP contribution in [0, 0.1) is 0 Å². The topological polar surface area (TPSA) is 60.2 Å². The zero-order valence-electron chi connectivity index (χ0n) is 13.0. The summed E-state index contributed by atoms with van der Waals surface area (Å²) in [5.41, 5.74) is 1.21. The van der Waals surface area contributed by atoms with E-state index in [0.29, 0.717) is 18.1 Å². The molecule has 0 fully saturated rings. The van der Waals surface area contributed by atoms with Crippen LogP contribution in [0.15, 0.2) is 34.9 Å². The number of likely N-dealkylation sites (N-methyl/N-ethyl adjacent to an activating group) is 1. The summed E-state index contributed by atoms with van der Waals surface area (Å²) in [4.78, 5) is 4.49. The normalized spacial score (nSPS) is 15.6. The predicted octanol–water partition coefficient (Wildman–Crippen LogP) is 2.71. The number of aromatic nitrogens is 2. The van der Waals surface area contributed by atoms with E-state index in [4.69, 9.17) is 9.26 Å². The smallest absolute Gasteiger partial charge is 0.231 e. The van der Waals surface area contributed by atoms with Gasteiger partial charge in [0.05, 0.1) is 12.0 Å². The summed E-state index contributed by atoms with van der Waals surface area (Å²) >= 11 is 0. The van der Waals surface area contributed by atoms with E-state index in [-0.39, 0.29) is 18.1 Å². The van der Waals surface area contributed by atoms with Crippen LogP contribution in [0.1, 0.15) is 43.1 Å². The molecule has 0 aliphatic heterocycles. The number of benzene rings is 1. The van der Waals surface area contributed by atoms with Gasteiger partial charge in [-0.2, -0.15) is 4.98 Å². The molecule has 0 saturated carbocycles. The van der Waals surface area contributed by atoms with E-state index in [2.05, 4.69) is 34.5 Å². The molecule has 1 heterocycles. The molecule has 0 amide bonds. The average Bonchev–Trinajstić information content (AvgIpc) is 2.97. The number of hydrogen-bond donors (Lipinski definition) is 1. The van der Waals surface area contributed by atoms with Crippen molar-refractivity contribution in [2.24, 2.45) is 0 Å². The van der Waals surface area contributed by atoms with Crippen LogP contribution in [0.5, 0.6) is 0 Å². The Morgan fingerprint density at radius 2 is 1.95 bits per heavy atom. The highest BCUT2D eigenvalue weighted by Gasteiger charge is 2.24. The molecule has 21 heavy (non-hydrogen) atoms. The van der Waals surface area contributed by atoms with Crippen LogP contribution in [0.3, 0.4) is 0 Å². The maximum absolute atomic E-state index is 5.42. The van der Waals surface area contributed by atoms with Crippen molar-refractivity contribution in [2.75, 3.05) is 14.2 Å². The van der Waals surface area contributed by atoms with Crippen LogP contribution >= 0.6 is 0 Å². The Morgan fingerprint density at radius 3 is 2.57 bits per heavy atom. The monoisotopic (exact) mass is 289 g/mol. The highest BCUT2D eigenvalue weighted by molar-refractivity contribution is 5.21. The quantitative estimate of drug-likeness (QED) is 0.849. The summed E-state index contributed by atoms with van der Waals surface area (Å²) in [5.74, 6) is 1.43. The second-order valence-electron chi connectivity index (χ2n) is 5.26. The lowest BCUT2D eigenvalue weighted by atomic mass is 9.94. The van der Waals surface area contributed by atoms with E-state index < -0.39 is 0 Å². The van der Waals surface area contributed by atoms with E-state index in [9.17, 15) is 0 Å². The average molecular weight is 289 g/mol. The van der Waals surface area contributed by atoms with Gasteiger partial charge in [-0.25, -0.2) is 0 Å². The highest BCUT2D eigenvalue weighted by Crippen LogP contribution is 2.29. The van der Waals surface area contributed by atoms with Crippen molar-refractivity contribution in [1.29, 1.82) is 0 Å². The lowest BCUT2D eigenvalue weighted by Gasteiger charge is -2.21. The molecule has 5 heteroatoms. The number of methoxy groups -OCH3 is 1. The molecule has 0 aliphatic rings. The van der Waals surface area contributed by atoms with Gasteiger partial charge in [-0.3, -0.25) is 0 Å². The molecule has 114 valence electrons. The Bertz CT molecular complexity index is 541. The molecule has 0 aliphatic carbocycles. The van der Waals surface area contributed by atoms with Gasteiger partial charge in [0.2, 0.25) is 5.89 Å². The van der Waals surface area contributed by atoms with Gasteiger partial charge in [0.1, 0.15) is 0 Å². The molecule has 0 saturated heterocycles. The minimum Gasteiger partial charge on any atom is -0.381 e. The SMILES string of the molecule is CNC(c1ccccc1)C(C)c1nc(CC(C)OC)no1. The third kappa shape index (κ3) is 3.89. The second kappa shape index (κ2) is 7.33. The van der Waals surface area contributed by atoms with Crippen LogP contribution in [0.25, 0.3) is 0 Å². The molecule has 2 rings (SSSR count). The van der Waals surface area contributed by atoms with Gasteiger partial charge >= 0.3 is 0 Å². The zero-order chi connectivity index (χ0) is 15.2. The number of nitrogens with one attached hydrogen (secondary N) is 1. The van der Waals surface area contributed by atoms with Crippen LogP contribution in [-0.2, 0) is 11.2 Å². The van der Waals surface area contributed by atoms with E-state index in [1.807, 2.05) is 32.2 Å².